The van der Waals surface area contributed by atoms with Gasteiger partial charge >= 0.3 is 0 Å². The molecule has 47 heavy (non-hydrogen) atoms. The number of aromatic nitrogens is 7. The summed E-state index contributed by atoms with van der Waals surface area (Å²) in [7, 11) is 0. The summed E-state index contributed by atoms with van der Waals surface area (Å²) in [5.41, 5.74) is 13.5. The van der Waals surface area contributed by atoms with Crippen molar-refractivity contribution in [3.63, 3.8) is 0 Å². The van der Waals surface area contributed by atoms with Crippen molar-refractivity contribution in [2.24, 2.45) is 0 Å². The molecule has 5 heterocycles. The van der Waals surface area contributed by atoms with Crippen molar-refractivity contribution in [2.45, 2.75) is 64.3 Å². The normalized spacial score (nSPS) is 15.7. The van der Waals surface area contributed by atoms with Crippen LogP contribution >= 0.6 is 0 Å². The van der Waals surface area contributed by atoms with Crippen LogP contribution in [0.2, 0.25) is 0 Å². The minimum atomic E-state index is -0.124. The minimum absolute atomic E-state index is 0.00445. The van der Waals surface area contributed by atoms with E-state index in [2.05, 4.69) is 52.3 Å². The standard InChI is InChI=1S/C35H42N10O2/c1-3-16-44(34(46)32-40-35(42-41-32)43-17-19-47-20-18-43)26(4-2)13-15-29-30(24-10-11-24)31(36)45-33(39-29)27(22-38-45)25-12-14-28(37-21-25)23-8-6-5-7-9-23/h5-9,12,14,21-22,24,26H,3-4,10-11,13,15-20,36H2,1-2H3,(H,40,41,42)/t26-/m1/s1. The molecule has 0 bridgehead atoms. The van der Waals surface area contributed by atoms with E-state index >= 15 is 0 Å². The Hall–Kier alpha value is -4.84. The molecule has 244 valence electrons. The van der Waals surface area contributed by atoms with Crippen LogP contribution in [0.5, 0.6) is 0 Å². The largest absolute Gasteiger partial charge is 0.383 e. The molecule has 0 unspecified atom stereocenters. The van der Waals surface area contributed by atoms with E-state index in [1.807, 2.05) is 46.5 Å². The summed E-state index contributed by atoms with van der Waals surface area (Å²) in [5.74, 6) is 1.74. The number of nitrogens with one attached hydrogen (secondary N) is 1. The molecule has 3 N–H and O–H groups in total. The van der Waals surface area contributed by atoms with Gasteiger partial charge in [-0.25, -0.2) is 4.98 Å². The van der Waals surface area contributed by atoms with Gasteiger partial charge in [0.15, 0.2) is 5.65 Å². The molecule has 0 radical (unpaired) electrons. The van der Waals surface area contributed by atoms with E-state index in [1.165, 1.54) is 0 Å². The molecule has 0 spiro atoms. The monoisotopic (exact) mass is 634 g/mol. The summed E-state index contributed by atoms with van der Waals surface area (Å²) in [6.45, 7) is 7.53. The molecule has 12 nitrogen and oxygen atoms in total. The number of fused-ring (bicyclic) bond motifs is 1. The van der Waals surface area contributed by atoms with Gasteiger partial charge in [0.25, 0.3) is 5.91 Å². The number of pyridine rings is 1. The topological polar surface area (TPSA) is 143 Å². The second kappa shape index (κ2) is 13.5. The molecule has 1 amide bonds. The lowest BCUT2D eigenvalue weighted by Crippen LogP contribution is -2.41. The summed E-state index contributed by atoms with van der Waals surface area (Å²) in [5, 5.41) is 11.9. The number of carbonyl (C=O) groups is 1. The average molecular weight is 635 g/mol. The molecule has 1 saturated carbocycles. The molecule has 12 heteroatoms. The number of nitrogens with two attached hydrogens (primary N) is 1. The molecule has 1 aromatic carbocycles. The van der Waals surface area contributed by atoms with Gasteiger partial charge in [-0.3, -0.25) is 14.9 Å². The number of rotatable bonds is 12. The Labute approximate surface area is 274 Å². The third kappa shape index (κ3) is 6.29. The smallest absolute Gasteiger partial charge is 0.291 e. The molecule has 7 rings (SSSR count). The second-order valence-corrected chi connectivity index (χ2v) is 12.4. The average Bonchev–Trinajstić information content (AvgIpc) is 3.65. The fourth-order valence-electron chi connectivity index (χ4n) is 6.58. The zero-order valence-electron chi connectivity index (χ0n) is 27.1. The SMILES string of the molecule is CCCN(C(=O)c1nc(N2CCOCC2)n[nH]1)[C@H](CC)CCc1nc2c(-c3ccc(-c4ccccc4)nc3)cnn2c(N)c1C1CC1. The minimum Gasteiger partial charge on any atom is -0.383 e. The highest BCUT2D eigenvalue weighted by molar-refractivity contribution is 5.91. The van der Waals surface area contributed by atoms with Gasteiger partial charge in [0.1, 0.15) is 5.82 Å². The first-order valence-corrected chi connectivity index (χ1v) is 16.8. The summed E-state index contributed by atoms with van der Waals surface area (Å²) in [6.07, 6.45) is 9.00. The molecule has 2 fully saturated rings. The number of hydrogen-bond acceptors (Lipinski definition) is 9. The fourth-order valence-corrected chi connectivity index (χ4v) is 6.58. The maximum absolute atomic E-state index is 13.8. The van der Waals surface area contributed by atoms with Crippen molar-refractivity contribution < 1.29 is 9.53 Å². The summed E-state index contributed by atoms with van der Waals surface area (Å²) in [4.78, 5) is 32.4. The predicted molar refractivity (Wildman–Crippen MR) is 181 cm³/mol. The van der Waals surface area contributed by atoms with Gasteiger partial charge in [-0.2, -0.15) is 14.6 Å². The Morgan fingerprint density at radius 2 is 1.87 bits per heavy atom. The van der Waals surface area contributed by atoms with Crippen LogP contribution in [0, 0.1) is 0 Å². The number of hydrogen-bond donors (Lipinski definition) is 2. The highest BCUT2D eigenvalue weighted by atomic mass is 16.5. The van der Waals surface area contributed by atoms with E-state index in [9.17, 15) is 4.79 Å². The number of aryl methyl sites for hydroxylation is 1. The quantitative estimate of drug-likeness (QED) is 0.191. The van der Waals surface area contributed by atoms with Gasteiger partial charge in [0.2, 0.25) is 11.8 Å². The number of nitrogen functional groups attached to an aromatic ring is 1. The van der Waals surface area contributed by atoms with Crippen LogP contribution in [0.4, 0.5) is 11.8 Å². The van der Waals surface area contributed by atoms with Gasteiger partial charge in [0, 0.05) is 54.1 Å². The Morgan fingerprint density at radius 3 is 2.57 bits per heavy atom. The van der Waals surface area contributed by atoms with E-state index in [0.29, 0.717) is 57.0 Å². The number of amides is 1. The third-order valence-electron chi connectivity index (χ3n) is 9.25. The summed E-state index contributed by atoms with van der Waals surface area (Å²) in [6, 6.07) is 14.2. The Bertz CT molecular complexity index is 1820. The summed E-state index contributed by atoms with van der Waals surface area (Å²) < 4.78 is 7.23. The van der Waals surface area contributed by atoms with Crippen LogP contribution in [0.15, 0.2) is 54.9 Å². The van der Waals surface area contributed by atoms with Crippen LogP contribution in [-0.4, -0.2) is 84.5 Å². The second-order valence-electron chi connectivity index (χ2n) is 12.4. The zero-order chi connectivity index (χ0) is 32.3. The number of ether oxygens (including phenoxy) is 1. The van der Waals surface area contributed by atoms with Crippen LogP contribution in [0.25, 0.3) is 28.0 Å². The molecular formula is C35H42N10O2. The van der Waals surface area contributed by atoms with E-state index in [1.54, 1.807) is 4.52 Å². The lowest BCUT2D eigenvalue weighted by Gasteiger charge is -2.30. The number of aromatic amines is 1. The van der Waals surface area contributed by atoms with Gasteiger partial charge in [0.05, 0.1) is 30.8 Å². The van der Waals surface area contributed by atoms with E-state index in [0.717, 1.165) is 71.4 Å². The maximum atomic E-state index is 13.8. The number of carbonyl (C=O) groups excluding carboxylic acids is 1. The van der Waals surface area contributed by atoms with Crippen LogP contribution in [0.3, 0.4) is 0 Å². The lowest BCUT2D eigenvalue weighted by atomic mass is 10.00. The van der Waals surface area contributed by atoms with Crippen molar-refractivity contribution in [1.82, 2.24) is 39.7 Å². The Kier molecular flexibility index (Phi) is 8.84. The number of benzene rings is 1. The highest BCUT2D eigenvalue weighted by Crippen LogP contribution is 2.45. The highest BCUT2D eigenvalue weighted by Gasteiger charge is 2.32. The first kappa shape index (κ1) is 30.8. The molecule has 5 aromatic rings. The number of anilines is 2. The van der Waals surface area contributed by atoms with Crippen LogP contribution in [0.1, 0.15) is 73.7 Å². The van der Waals surface area contributed by atoms with Gasteiger partial charge in [-0.1, -0.05) is 50.2 Å². The van der Waals surface area contributed by atoms with Crippen molar-refractivity contribution in [1.29, 1.82) is 0 Å². The Morgan fingerprint density at radius 1 is 1.06 bits per heavy atom. The number of morpholine rings is 1. The van der Waals surface area contributed by atoms with Gasteiger partial charge in [-0.05, 0) is 50.5 Å². The number of nitrogens with zero attached hydrogens (tertiary/aromatic N) is 8. The Balaban J connectivity index is 1.14. The van der Waals surface area contributed by atoms with E-state index in [4.69, 9.17) is 20.4 Å². The van der Waals surface area contributed by atoms with Crippen LogP contribution in [-0.2, 0) is 11.2 Å². The van der Waals surface area contributed by atoms with Crippen molar-refractivity contribution in [2.75, 3.05) is 43.5 Å². The van der Waals surface area contributed by atoms with Gasteiger partial charge in [-0.15, -0.1) is 5.10 Å². The first-order valence-electron chi connectivity index (χ1n) is 16.8. The summed E-state index contributed by atoms with van der Waals surface area (Å²) >= 11 is 0. The predicted octanol–water partition coefficient (Wildman–Crippen LogP) is 5.14. The lowest BCUT2D eigenvalue weighted by molar-refractivity contribution is 0.0650. The molecule has 1 atom stereocenters. The zero-order valence-corrected chi connectivity index (χ0v) is 27.1. The number of H-pyrrole nitrogens is 1. The third-order valence-corrected chi connectivity index (χ3v) is 9.25. The van der Waals surface area contributed by atoms with Crippen molar-refractivity contribution in [3.05, 3.63) is 71.9 Å². The molecule has 1 saturated heterocycles. The molecule has 1 aliphatic heterocycles. The molecule has 2 aliphatic rings. The molecular weight excluding hydrogens is 592 g/mol. The maximum Gasteiger partial charge on any atom is 0.291 e. The van der Waals surface area contributed by atoms with Crippen molar-refractivity contribution >= 4 is 23.3 Å². The van der Waals surface area contributed by atoms with Crippen LogP contribution < -0.4 is 10.6 Å². The van der Waals surface area contributed by atoms with Gasteiger partial charge < -0.3 is 20.3 Å². The molecule has 1 aliphatic carbocycles. The van der Waals surface area contributed by atoms with E-state index in [-0.39, 0.29) is 17.8 Å². The fraction of sp³-hybridized carbons (Fsp3) is 0.429. The van der Waals surface area contributed by atoms with Crippen molar-refractivity contribution in [3.8, 4) is 22.4 Å². The molecule has 4 aromatic heterocycles. The first-order chi connectivity index (χ1) is 23.1. The van der Waals surface area contributed by atoms with E-state index < -0.39 is 0 Å².